The van der Waals surface area contributed by atoms with Gasteiger partial charge in [-0.2, -0.15) is 0 Å². The van der Waals surface area contributed by atoms with E-state index >= 15 is 0 Å². The molecule has 18 heavy (non-hydrogen) atoms. The van der Waals surface area contributed by atoms with Crippen LogP contribution in [0.15, 0.2) is 41.5 Å². The lowest BCUT2D eigenvalue weighted by atomic mass is 10.3. The number of esters is 1. The monoisotopic (exact) mass is 262 g/mol. The predicted molar refractivity (Wildman–Crippen MR) is 70.5 cm³/mol. The van der Waals surface area contributed by atoms with Crippen LogP contribution in [0.3, 0.4) is 0 Å². The average Bonchev–Trinajstić information content (AvgIpc) is 2.39. The summed E-state index contributed by atoms with van der Waals surface area (Å²) in [6.45, 7) is 0. The summed E-state index contributed by atoms with van der Waals surface area (Å²) in [6, 6.07) is 6.54. The van der Waals surface area contributed by atoms with E-state index in [9.17, 15) is 9.59 Å². The molecule has 0 aliphatic heterocycles. The largest absolute Gasteiger partial charge is 0.465 e. The van der Waals surface area contributed by atoms with Crippen molar-refractivity contribution >= 4 is 20.5 Å². The minimum absolute atomic E-state index is 0.0169. The predicted octanol–water partition coefficient (Wildman–Crippen LogP) is 0.519. The zero-order chi connectivity index (χ0) is 13.1. The molecule has 0 aliphatic carbocycles. The molecule has 0 aliphatic rings. The summed E-state index contributed by atoms with van der Waals surface area (Å²) in [7, 11) is 3.75. The van der Waals surface area contributed by atoms with Crippen LogP contribution in [0.25, 0.3) is 5.82 Å². The first-order valence-electron chi connectivity index (χ1n) is 5.15. The normalized spacial score (nSPS) is 10.1. The Bertz CT molecular complexity index is 635. The summed E-state index contributed by atoms with van der Waals surface area (Å²) >= 11 is 0. The summed E-state index contributed by atoms with van der Waals surface area (Å²) in [5.41, 5.74) is -0.467. The van der Waals surface area contributed by atoms with E-state index < -0.39 is 11.5 Å². The fraction of sp³-hybridized carbons (Fsp3) is 0.0833. The molecule has 92 valence electrons. The van der Waals surface area contributed by atoms with Crippen LogP contribution >= 0.6 is 9.24 Å². The Hall–Kier alpha value is -2.00. The molecule has 0 aromatic carbocycles. The molecule has 6 heteroatoms. The molecule has 0 amide bonds. The maximum absolute atomic E-state index is 12.1. The molecule has 2 aromatic rings. The molecule has 2 aromatic heterocycles. The summed E-state index contributed by atoms with van der Waals surface area (Å²) in [5, 5.41) is 0.913. The zero-order valence-corrected chi connectivity index (χ0v) is 10.8. The van der Waals surface area contributed by atoms with Gasteiger partial charge in [0.1, 0.15) is 11.4 Å². The van der Waals surface area contributed by atoms with Gasteiger partial charge in [0.15, 0.2) is 0 Å². The van der Waals surface area contributed by atoms with E-state index in [-0.39, 0.29) is 5.56 Å². The van der Waals surface area contributed by atoms with Crippen LogP contribution in [-0.4, -0.2) is 22.6 Å². The molecule has 0 spiro atoms. The molecule has 1 unspecified atom stereocenters. The molecule has 0 fully saturated rings. The lowest BCUT2D eigenvalue weighted by Gasteiger charge is -2.06. The molecular formula is C12H11N2O3P. The number of nitrogens with zero attached hydrogens (tertiary/aromatic N) is 2. The highest BCUT2D eigenvalue weighted by Crippen LogP contribution is 2.02. The van der Waals surface area contributed by atoms with E-state index in [1.807, 2.05) is 6.07 Å². The van der Waals surface area contributed by atoms with Gasteiger partial charge in [0, 0.05) is 12.4 Å². The van der Waals surface area contributed by atoms with E-state index in [1.165, 1.54) is 17.7 Å². The molecule has 2 rings (SSSR count). The quantitative estimate of drug-likeness (QED) is 0.584. The van der Waals surface area contributed by atoms with Gasteiger partial charge in [-0.1, -0.05) is 0 Å². The van der Waals surface area contributed by atoms with Gasteiger partial charge in [0.25, 0.3) is 5.56 Å². The van der Waals surface area contributed by atoms with Crippen LogP contribution in [0.5, 0.6) is 0 Å². The van der Waals surface area contributed by atoms with Crippen molar-refractivity contribution in [3.63, 3.8) is 0 Å². The first-order valence-corrected chi connectivity index (χ1v) is 5.73. The minimum atomic E-state index is -0.656. The SMILES string of the molecule is COC(=O)c1cccn(-c2ccc(P)cn2)c1=O. The molecular weight excluding hydrogens is 251 g/mol. The minimum Gasteiger partial charge on any atom is -0.465 e. The van der Waals surface area contributed by atoms with E-state index in [1.54, 1.807) is 24.5 Å². The number of ether oxygens (including phenoxy) is 1. The Morgan fingerprint density at radius 1 is 1.39 bits per heavy atom. The van der Waals surface area contributed by atoms with Gasteiger partial charge >= 0.3 is 5.97 Å². The van der Waals surface area contributed by atoms with Gasteiger partial charge in [-0.25, -0.2) is 9.78 Å². The van der Waals surface area contributed by atoms with E-state index in [0.717, 1.165) is 5.30 Å². The van der Waals surface area contributed by atoms with Crippen molar-refractivity contribution < 1.29 is 9.53 Å². The molecule has 0 bridgehead atoms. The number of methoxy groups -OCH3 is 1. The molecule has 0 saturated heterocycles. The molecule has 1 atom stereocenters. The Morgan fingerprint density at radius 3 is 2.78 bits per heavy atom. The highest BCUT2D eigenvalue weighted by Gasteiger charge is 2.13. The van der Waals surface area contributed by atoms with Gasteiger partial charge in [-0.15, -0.1) is 9.24 Å². The Kier molecular flexibility index (Phi) is 3.53. The fourth-order valence-electron chi connectivity index (χ4n) is 1.48. The summed E-state index contributed by atoms with van der Waals surface area (Å²) < 4.78 is 5.85. The number of carbonyl (C=O) groups excluding carboxylic acids is 1. The third-order valence-corrected chi connectivity index (χ3v) is 2.71. The van der Waals surface area contributed by atoms with E-state index in [4.69, 9.17) is 0 Å². The Morgan fingerprint density at radius 2 is 2.17 bits per heavy atom. The molecule has 2 heterocycles. The lowest BCUT2D eigenvalue weighted by Crippen LogP contribution is -2.25. The van der Waals surface area contributed by atoms with Crippen molar-refractivity contribution in [2.75, 3.05) is 7.11 Å². The number of aromatic nitrogens is 2. The fourth-order valence-corrected chi connectivity index (χ4v) is 1.65. The number of hydrogen-bond donors (Lipinski definition) is 0. The molecule has 5 nitrogen and oxygen atoms in total. The molecule has 0 N–H and O–H groups in total. The second-order valence-corrected chi connectivity index (χ2v) is 4.20. The molecule has 0 radical (unpaired) electrons. The number of hydrogen-bond acceptors (Lipinski definition) is 4. The standard InChI is InChI=1S/C12H11N2O3P/c1-17-12(16)9-3-2-6-14(11(9)15)10-5-4-8(18)7-13-10/h2-7H,18H2,1H3. The van der Waals surface area contributed by atoms with Gasteiger partial charge < -0.3 is 4.74 Å². The third kappa shape index (κ3) is 2.31. The topological polar surface area (TPSA) is 61.2 Å². The number of pyridine rings is 2. The first kappa shape index (κ1) is 12.5. The van der Waals surface area contributed by atoms with Crippen molar-refractivity contribution in [1.82, 2.24) is 9.55 Å². The van der Waals surface area contributed by atoms with Crippen LogP contribution in [0.4, 0.5) is 0 Å². The van der Waals surface area contributed by atoms with Crippen molar-refractivity contribution in [1.29, 1.82) is 0 Å². The highest BCUT2D eigenvalue weighted by atomic mass is 31.0. The van der Waals surface area contributed by atoms with Crippen molar-refractivity contribution in [3.05, 3.63) is 52.6 Å². The van der Waals surface area contributed by atoms with Crippen LogP contribution < -0.4 is 10.9 Å². The number of rotatable bonds is 2. The van der Waals surface area contributed by atoms with Crippen molar-refractivity contribution in [2.24, 2.45) is 0 Å². The summed E-state index contributed by atoms with van der Waals surface area (Å²) in [4.78, 5) is 27.6. The maximum Gasteiger partial charge on any atom is 0.343 e. The van der Waals surface area contributed by atoms with Crippen molar-refractivity contribution in [3.8, 4) is 5.82 Å². The maximum atomic E-state index is 12.1. The van der Waals surface area contributed by atoms with Gasteiger partial charge in [-0.3, -0.25) is 9.36 Å². The zero-order valence-electron chi connectivity index (χ0n) is 9.66. The van der Waals surface area contributed by atoms with Crippen LogP contribution in [0.1, 0.15) is 10.4 Å². The van der Waals surface area contributed by atoms with E-state index in [2.05, 4.69) is 19.0 Å². The molecule has 0 saturated carbocycles. The van der Waals surface area contributed by atoms with Crippen LogP contribution in [0.2, 0.25) is 0 Å². The van der Waals surface area contributed by atoms with Crippen LogP contribution in [0, 0.1) is 0 Å². The van der Waals surface area contributed by atoms with Crippen LogP contribution in [-0.2, 0) is 4.74 Å². The Labute approximate surface area is 106 Å². The summed E-state index contributed by atoms with van der Waals surface area (Å²) in [5.74, 6) is -0.200. The summed E-state index contributed by atoms with van der Waals surface area (Å²) in [6.07, 6.45) is 3.18. The third-order valence-electron chi connectivity index (χ3n) is 2.37. The van der Waals surface area contributed by atoms with Gasteiger partial charge in [-0.05, 0) is 29.6 Å². The highest BCUT2D eigenvalue weighted by molar-refractivity contribution is 7.27. The second-order valence-electron chi connectivity index (χ2n) is 3.54. The Balaban J connectivity index is 2.56. The van der Waals surface area contributed by atoms with E-state index in [0.29, 0.717) is 5.82 Å². The first-order chi connectivity index (χ1) is 8.63. The second kappa shape index (κ2) is 5.10. The van der Waals surface area contributed by atoms with Gasteiger partial charge in [0.05, 0.1) is 7.11 Å². The van der Waals surface area contributed by atoms with Gasteiger partial charge in [0.2, 0.25) is 0 Å². The smallest absolute Gasteiger partial charge is 0.343 e. The van der Waals surface area contributed by atoms with Crippen molar-refractivity contribution in [2.45, 2.75) is 0 Å². The lowest BCUT2D eigenvalue weighted by molar-refractivity contribution is 0.0598. The average molecular weight is 262 g/mol. The number of carbonyl (C=O) groups is 1.